The first-order valence-corrected chi connectivity index (χ1v) is 6.89. The second-order valence-corrected chi connectivity index (χ2v) is 5.42. The van der Waals surface area contributed by atoms with Gasteiger partial charge >= 0.3 is 5.97 Å². The Balaban J connectivity index is 2.99. The van der Waals surface area contributed by atoms with Crippen LogP contribution in [0.2, 0.25) is 0 Å². The summed E-state index contributed by atoms with van der Waals surface area (Å²) in [6, 6.07) is 4.28. The summed E-state index contributed by atoms with van der Waals surface area (Å²) < 4.78 is 30.9. The zero-order valence-corrected chi connectivity index (χ0v) is 11.1. The molecule has 0 aliphatic heterocycles. The Morgan fingerprint density at radius 1 is 1.47 bits per heavy atom. The van der Waals surface area contributed by atoms with Crippen molar-refractivity contribution < 1.29 is 28.2 Å². The van der Waals surface area contributed by atoms with Gasteiger partial charge in [-0.05, 0) is 18.6 Å². The maximum Gasteiger partial charge on any atom is 0.321 e. The maximum atomic E-state index is 12.0. The summed E-state index contributed by atoms with van der Waals surface area (Å²) in [7, 11) is -2.59. The van der Waals surface area contributed by atoms with E-state index in [-0.39, 0.29) is 11.3 Å². The molecule has 106 valence electrons. The van der Waals surface area contributed by atoms with E-state index < -0.39 is 28.6 Å². The zero-order chi connectivity index (χ0) is 14.5. The van der Waals surface area contributed by atoms with E-state index in [0.29, 0.717) is 5.75 Å². The van der Waals surface area contributed by atoms with Gasteiger partial charge in [0.2, 0.25) is 10.0 Å². The number of hydrogen-bond donors (Lipinski definition) is 3. The van der Waals surface area contributed by atoms with Gasteiger partial charge < -0.3 is 14.9 Å². The molecule has 19 heavy (non-hydrogen) atoms. The number of aliphatic carboxylic acids is 1. The number of methoxy groups -OCH3 is 1. The third-order valence-corrected chi connectivity index (χ3v) is 3.83. The third-order valence-electron chi connectivity index (χ3n) is 2.36. The normalized spacial score (nSPS) is 12.9. The maximum absolute atomic E-state index is 12.0. The molecule has 1 aromatic rings. The van der Waals surface area contributed by atoms with Crippen LogP contribution in [0.3, 0.4) is 0 Å². The van der Waals surface area contributed by atoms with Gasteiger partial charge in [0.1, 0.15) is 11.8 Å². The zero-order valence-electron chi connectivity index (χ0n) is 10.2. The van der Waals surface area contributed by atoms with Crippen LogP contribution >= 0.6 is 0 Å². The second kappa shape index (κ2) is 6.50. The molecule has 0 bridgehead atoms. The molecule has 8 heteroatoms. The molecule has 0 saturated heterocycles. The van der Waals surface area contributed by atoms with Crippen LogP contribution in [0.15, 0.2) is 29.2 Å². The lowest BCUT2D eigenvalue weighted by molar-refractivity contribution is -0.139. The number of aliphatic hydroxyl groups is 1. The van der Waals surface area contributed by atoms with Gasteiger partial charge in [0.05, 0.1) is 12.0 Å². The molecule has 0 unspecified atom stereocenters. The number of aliphatic hydroxyl groups excluding tert-OH is 1. The van der Waals surface area contributed by atoms with Crippen LogP contribution in [-0.4, -0.2) is 44.4 Å². The van der Waals surface area contributed by atoms with Gasteiger partial charge in [-0.1, -0.05) is 6.07 Å². The number of rotatable bonds is 7. The van der Waals surface area contributed by atoms with Gasteiger partial charge in [-0.2, -0.15) is 4.72 Å². The molecule has 7 nitrogen and oxygen atoms in total. The van der Waals surface area contributed by atoms with Crippen molar-refractivity contribution in [2.45, 2.75) is 17.4 Å². The summed E-state index contributed by atoms with van der Waals surface area (Å²) in [5, 5.41) is 17.6. The topological polar surface area (TPSA) is 113 Å². The third kappa shape index (κ3) is 4.19. The van der Waals surface area contributed by atoms with Crippen LogP contribution in [0.1, 0.15) is 6.42 Å². The Labute approximate surface area is 110 Å². The molecule has 0 saturated carbocycles. The van der Waals surface area contributed by atoms with Gasteiger partial charge in [-0.3, -0.25) is 4.79 Å². The highest BCUT2D eigenvalue weighted by Crippen LogP contribution is 2.17. The Kier molecular flexibility index (Phi) is 5.28. The molecule has 0 radical (unpaired) electrons. The number of carboxylic acid groups (broad SMARTS) is 1. The van der Waals surface area contributed by atoms with Crippen molar-refractivity contribution in [1.29, 1.82) is 0 Å². The first-order valence-electron chi connectivity index (χ1n) is 5.40. The monoisotopic (exact) mass is 289 g/mol. The van der Waals surface area contributed by atoms with E-state index in [0.717, 1.165) is 0 Å². The summed E-state index contributed by atoms with van der Waals surface area (Å²) in [6.07, 6.45) is -0.210. The number of sulfonamides is 1. The summed E-state index contributed by atoms with van der Waals surface area (Å²) in [6.45, 7) is -0.433. The first kappa shape index (κ1) is 15.4. The minimum Gasteiger partial charge on any atom is -0.497 e. The minimum absolute atomic E-state index is 0.101. The SMILES string of the molecule is COc1cccc(S(=O)(=O)N[C@H](CCO)C(=O)O)c1. The van der Waals surface area contributed by atoms with E-state index >= 15 is 0 Å². The van der Waals surface area contributed by atoms with Crippen molar-refractivity contribution in [2.24, 2.45) is 0 Å². The lowest BCUT2D eigenvalue weighted by Gasteiger charge is -2.14. The molecule has 0 amide bonds. The fraction of sp³-hybridized carbons (Fsp3) is 0.364. The summed E-state index contributed by atoms with van der Waals surface area (Å²) >= 11 is 0. The summed E-state index contributed by atoms with van der Waals surface area (Å²) in [4.78, 5) is 10.8. The molecule has 0 fully saturated rings. The van der Waals surface area contributed by atoms with E-state index in [9.17, 15) is 13.2 Å². The number of carboxylic acids is 1. The van der Waals surface area contributed by atoms with Crippen molar-refractivity contribution >= 4 is 16.0 Å². The molecular formula is C11H15NO6S. The quantitative estimate of drug-likeness (QED) is 0.641. The predicted molar refractivity (Wildman–Crippen MR) is 66.4 cm³/mol. The minimum atomic E-state index is -3.98. The fourth-order valence-electron chi connectivity index (χ4n) is 1.39. The van der Waals surface area contributed by atoms with Gasteiger partial charge in [0.25, 0.3) is 0 Å². The van der Waals surface area contributed by atoms with Crippen molar-refractivity contribution in [3.8, 4) is 5.75 Å². The smallest absolute Gasteiger partial charge is 0.321 e. The average molecular weight is 289 g/mol. The van der Waals surface area contributed by atoms with Gasteiger partial charge in [-0.25, -0.2) is 8.42 Å². The van der Waals surface area contributed by atoms with Crippen LogP contribution < -0.4 is 9.46 Å². The van der Waals surface area contributed by atoms with Crippen molar-refractivity contribution in [1.82, 2.24) is 4.72 Å². The molecule has 1 rings (SSSR count). The molecule has 3 N–H and O–H groups in total. The summed E-state index contributed by atoms with van der Waals surface area (Å²) in [5.74, 6) is -1.00. The fourth-order valence-corrected chi connectivity index (χ4v) is 2.64. The Morgan fingerprint density at radius 2 is 2.16 bits per heavy atom. The Bertz CT molecular complexity index is 542. The molecule has 0 aromatic heterocycles. The van der Waals surface area contributed by atoms with Crippen molar-refractivity contribution in [3.63, 3.8) is 0 Å². The number of ether oxygens (including phenoxy) is 1. The van der Waals surface area contributed by atoms with Gasteiger partial charge in [-0.15, -0.1) is 0 Å². The lowest BCUT2D eigenvalue weighted by Crippen LogP contribution is -2.41. The van der Waals surface area contributed by atoms with E-state index in [1.54, 1.807) is 6.07 Å². The molecule has 1 aromatic carbocycles. The Morgan fingerprint density at radius 3 is 2.68 bits per heavy atom. The molecule has 1 atom stereocenters. The summed E-state index contributed by atoms with van der Waals surface area (Å²) in [5.41, 5.74) is 0. The van der Waals surface area contributed by atoms with E-state index in [2.05, 4.69) is 0 Å². The molecule has 0 heterocycles. The number of carbonyl (C=O) groups is 1. The van der Waals surface area contributed by atoms with Crippen LogP contribution in [0.4, 0.5) is 0 Å². The van der Waals surface area contributed by atoms with Crippen molar-refractivity contribution in [2.75, 3.05) is 13.7 Å². The molecule has 0 aliphatic carbocycles. The van der Waals surface area contributed by atoms with Crippen LogP contribution in [0, 0.1) is 0 Å². The largest absolute Gasteiger partial charge is 0.497 e. The van der Waals surface area contributed by atoms with Crippen LogP contribution in [0.25, 0.3) is 0 Å². The highest BCUT2D eigenvalue weighted by molar-refractivity contribution is 7.89. The standard InChI is InChI=1S/C11H15NO6S/c1-18-8-3-2-4-9(7-8)19(16,17)12-10(5-6-13)11(14)15/h2-4,7,10,12-13H,5-6H2,1H3,(H,14,15)/t10-/m1/s1. The number of hydrogen-bond acceptors (Lipinski definition) is 5. The second-order valence-electron chi connectivity index (χ2n) is 3.70. The highest BCUT2D eigenvalue weighted by Gasteiger charge is 2.25. The number of nitrogens with one attached hydrogen (secondary N) is 1. The highest BCUT2D eigenvalue weighted by atomic mass is 32.2. The number of benzene rings is 1. The van der Waals surface area contributed by atoms with E-state index in [4.69, 9.17) is 14.9 Å². The van der Waals surface area contributed by atoms with Crippen molar-refractivity contribution in [3.05, 3.63) is 24.3 Å². The molecule has 0 spiro atoms. The first-order chi connectivity index (χ1) is 8.90. The van der Waals surface area contributed by atoms with Crippen LogP contribution in [0.5, 0.6) is 5.75 Å². The van der Waals surface area contributed by atoms with E-state index in [1.165, 1.54) is 25.3 Å². The van der Waals surface area contributed by atoms with Gasteiger partial charge in [0.15, 0.2) is 0 Å². The molecular weight excluding hydrogens is 274 g/mol. The lowest BCUT2D eigenvalue weighted by atomic mass is 10.2. The van der Waals surface area contributed by atoms with E-state index in [1.807, 2.05) is 4.72 Å². The molecule has 0 aliphatic rings. The average Bonchev–Trinajstić information content (AvgIpc) is 2.38. The van der Waals surface area contributed by atoms with Gasteiger partial charge in [0, 0.05) is 12.7 Å². The van der Waals surface area contributed by atoms with Crippen LogP contribution in [-0.2, 0) is 14.8 Å². The predicted octanol–water partition coefficient (Wildman–Crippen LogP) is -0.191. The Hall–Kier alpha value is -1.64.